The Hall–Kier alpha value is -2.24. The van der Waals surface area contributed by atoms with Crippen LogP contribution < -0.4 is 5.32 Å². The van der Waals surface area contributed by atoms with Crippen molar-refractivity contribution in [1.82, 2.24) is 20.4 Å². The molecule has 6 heteroatoms. The molecule has 0 atom stereocenters. The number of nitrogens with one attached hydrogen (secondary N) is 1. The van der Waals surface area contributed by atoms with E-state index in [9.17, 15) is 4.79 Å². The van der Waals surface area contributed by atoms with Gasteiger partial charge in [-0.3, -0.25) is 9.78 Å². The molecule has 0 saturated carbocycles. The first kappa shape index (κ1) is 10.3. The van der Waals surface area contributed by atoms with Gasteiger partial charge in [0.1, 0.15) is 0 Å². The molecular weight excluding hydrogens is 208 g/mol. The number of carbonyl (C=O) groups is 1. The van der Waals surface area contributed by atoms with Gasteiger partial charge < -0.3 is 9.84 Å². The molecule has 2 rings (SSSR count). The van der Waals surface area contributed by atoms with Crippen molar-refractivity contribution in [3.8, 4) is 0 Å². The predicted octanol–water partition coefficient (Wildman–Crippen LogP) is 0.703. The van der Waals surface area contributed by atoms with Gasteiger partial charge in [-0.1, -0.05) is 5.16 Å². The molecule has 0 unspecified atom stereocenters. The molecule has 1 amide bonds. The Morgan fingerprint density at radius 1 is 1.44 bits per heavy atom. The number of carbonyl (C=O) groups excluding carboxylic acids is 1. The van der Waals surface area contributed by atoms with Crippen LogP contribution >= 0.6 is 0 Å². The number of pyridine rings is 1. The van der Waals surface area contributed by atoms with E-state index in [1.807, 2.05) is 12.1 Å². The van der Waals surface area contributed by atoms with E-state index in [0.717, 1.165) is 5.56 Å². The number of rotatable bonds is 3. The van der Waals surface area contributed by atoms with Gasteiger partial charge in [0.25, 0.3) is 0 Å². The molecule has 0 aromatic carbocycles. The first-order valence-corrected chi connectivity index (χ1v) is 4.73. The summed E-state index contributed by atoms with van der Waals surface area (Å²) >= 11 is 0. The van der Waals surface area contributed by atoms with Crippen LogP contribution in [0.1, 0.15) is 22.1 Å². The topological polar surface area (TPSA) is 80.9 Å². The van der Waals surface area contributed by atoms with Crippen molar-refractivity contribution in [1.29, 1.82) is 0 Å². The molecule has 0 aliphatic carbocycles. The van der Waals surface area contributed by atoms with Crippen molar-refractivity contribution >= 4 is 5.91 Å². The Morgan fingerprint density at radius 2 is 2.19 bits per heavy atom. The van der Waals surface area contributed by atoms with E-state index in [4.69, 9.17) is 4.52 Å². The van der Waals surface area contributed by atoms with Crippen LogP contribution in [0.25, 0.3) is 0 Å². The summed E-state index contributed by atoms with van der Waals surface area (Å²) in [5.41, 5.74) is 0.958. The van der Waals surface area contributed by atoms with Gasteiger partial charge in [0, 0.05) is 18.9 Å². The summed E-state index contributed by atoms with van der Waals surface area (Å²) in [7, 11) is 0. The quantitative estimate of drug-likeness (QED) is 0.820. The number of hydrogen-bond acceptors (Lipinski definition) is 5. The van der Waals surface area contributed by atoms with E-state index in [-0.39, 0.29) is 11.8 Å². The largest absolute Gasteiger partial charge is 0.344 e. The summed E-state index contributed by atoms with van der Waals surface area (Å²) in [6.45, 7) is 2.06. The number of amides is 1. The van der Waals surface area contributed by atoms with Crippen LogP contribution in [0.3, 0.4) is 0 Å². The summed E-state index contributed by atoms with van der Waals surface area (Å²) in [6, 6.07) is 3.64. The maximum atomic E-state index is 11.5. The number of hydrogen-bond donors (Lipinski definition) is 1. The Balaban J connectivity index is 1.94. The minimum Gasteiger partial charge on any atom is -0.344 e. The number of aromatic nitrogens is 3. The molecule has 0 fully saturated rings. The normalized spacial score (nSPS) is 10.1. The molecule has 2 aromatic rings. The van der Waals surface area contributed by atoms with Gasteiger partial charge in [0.05, 0.1) is 0 Å². The fourth-order valence-electron chi connectivity index (χ4n) is 1.15. The molecule has 0 bridgehead atoms. The van der Waals surface area contributed by atoms with E-state index >= 15 is 0 Å². The Bertz CT molecular complexity index is 481. The van der Waals surface area contributed by atoms with Gasteiger partial charge in [-0.05, 0) is 24.6 Å². The molecule has 1 N–H and O–H groups in total. The monoisotopic (exact) mass is 218 g/mol. The average molecular weight is 218 g/mol. The molecule has 82 valence electrons. The van der Waals surface area contributed by atoms with Gasteiger partial charge in [-0.25, -0.2) is 0 Å². The summed E-state index contributed by atoms with van der Waals surface area (Å²) in [6.07, 6.45) is 3.33. The first-order valence-electron chi connectivity index (χ1n) is 4.73. The van der Waals surface area contributed by atoms with Crippen LogP contribution in [-0.4, -0.2) is 21.0 Å². The average Bonchev–Trinajstić information content (AvgIpc) is 2.74. The lowest BCUT2D eigenvalue weighted by Crippen LogP contribution is -2.23. The van der Waals surface area contributed by atoms with Gasteiger partial charge in [-0.15, -0.1) is 0 Å². The SMILES string of the molecule is Cc1noc(C(=O)NCc2ccncc2)n1. The molecule has 0 aliphatic rings. The van der Waals surface area contributed by atoms with Crippen molar-refractivity contribution in [3.63, 3.8) is 0 Å². The fourth-order valence-corrected chi connectivity index (χ4v) is 1.15. The van der Waals surface area contributed by atoms with E-state index in [1.165, 1.54) is 0 Å². The van der Waals surface area contributed by atoms with Gasteiger partial charge in [0.15, 0.2) is 5.82 Å². The smallest absolute Gasteiger partial charge is 0.315 e. The van der Waals surface area contributed by atoms with Gasteiger partial charge in [0.2, 0.25) is 0 Å². The van der Waals surface area contributed by atoms with Crippen molar-refractivity contribution in [2.24, 2.45) is 0 Å². The lowest BCUT2D eigenvalue weighted by atomic mass is 10.3. The van der Waals surface area contributed by atoms with Gasteiger partial charge in [-0.2, -0.15) is 4.98 Å². The minimum absolute atomic E-state index is 0.0217. The maximum absolute atomic E-state index is 11.5. The van der Waals surface area contributed by atoms with Crippen LogP contribution in [-0.2, 0) is 6.54 Å². The molecule has 0 aliphatic heterocycles. The van der Waals surface area contributed by atoms with Crippen LogP contribution in [0.2, 0.25) is 0 Å². The van der Waals surface area contributed by atoms with Crippen LogP contribution in [0, 0.1) is 6.92 Å². The van der Waals surface area contributed by atoms with E-state index in [0.29, 0.717) is 12.4 Å². The van der Waals surface area contributed by atoms with Crippen molar-refractivity contribution in [2.45, 2.75) is 13.5 Å². The molecular formula is C10H10N4O2. The second-order valence-corrected chi connectivity index (χ2v) is 3.18. The lowest BCUT2D eigenvalue weighted by Gasteiger charge is -2.00. The highest BCUT2D eigenvalue weighted by Gasteiger charge is 2.12. The molecule has 6 nitrogen and oxygen atoms in total. The number of nitrogens with zero attached hydrogens (tertiary/aromatic N) is 3. The molecule has 16 heavy (non-hydrogen) atoms. The van der Waals surface area contributed by atoms with Crippen LogP contribution in [0.4, 0.5) is 0 Å². The summed E-state index contributed by atoms with van der Waals surface area (Å²) in [4.78, 5) is 19.2. The molecule has 0 spiro atoms. The molecule has 0 radical (unpaired) electrons. The van der Waals surface area contributed by atoms with Crippen LogP contribution in [0.5, 0.6) is 0 Å². The zero-order chi connectivity index (χ0) is 11.4. The highest BCUT2D eigenvalue weighted by molar-refractivity contribution is 5.89. The Labute approximate surface area is 91.7 Å². The molecule has 0 saturated heterocycles. The zero-order valence-electron chi connectivity index (χ0n) is 8.67. The van der Waals surface area contributed by atoms with E-state index in [1.54, 1.807) is 19.3 Å². The molecule has 2 aromatic heterocycles. The first-order chi connectivity index (χ1) is 7.75. The highest BCUT2D eigenvalue weighted by Crippen LogP contribution is 1.98. The highest BCUT2D eigenvalue weighted by atomic mass is 16.5. The maximum Gasteiger partial charge on any atom is 0.315 e. The van der Waals surface area contributed by atoms with Crippen molar-refractivity contribution < 1.29 is 9.32 Å². The zero-order valence-corrected chi connectivity index (χ0v) is 8.67. The van der Waals surface area contributed by atoms with E-state index < -0.39 is 0 Å². The van der Waals surface area contributed by atoms with Crippen molar-refractivity contribution in [2.75, 3.05) is 0 Å². The third kappa shape index (κ3) is 2.41. The standard InChI is InChI=1S/C10H10N4O2/c1-7-13-10(16-14-7)9(15)12-6-8-2-4-11-5-3-8/h2-5H,6H2,1H3,(H,12,15). The lowest BCUT2D eigenvalue weighted by molar-refractivity contribution is 0.0907. The second-order valence-electron chi connectivity index (χ2n) is 3.18. The van der Waals surface area contributed by atoms with Gasteiger partial charge >= 0.3 is 11.8 Å². The second kappa shape index (κ2) is 4.52. The van der Waals surface area contributed by atoms with Crippen molar-refractivity contribution in [3.05, 3.63) is 41.8 Å². The van der Waals surface area contributed by atoms with Crippen LogP contribution in [0.15, 0.2) is 29.0 Å². The minimum atomic E-state index is -0.377. The third-order valence-electron chi connectivity index (χ3n) is 1.92. The fraction of sp³-hybridized carbons (Fsp3) is 0.200. The van der Waals surface area contributed by atoms with E-state index in [2.05, 4.69) is 20.4 Å². The Morgan fingerprint density at radius 3 is 2.81 bits per heavy atom. The third-order valence-corrected chi connectivity index (χ3v) is 1.92. The summed E-state index contributed by atoms with van der Waals surface area (Å²) < 4.78 is 4.73. The summed E-state index contributed by atoms with van der Waals surface area (Å²) in [5, 5.41) is 6.20. The predicted molar refractivity (Wildman–Crippen MR) is 54.4 cm³/mol. The molecule has 2 heterocycles. The Kier molecular flexibility index (Phi) is 2.90. The summed E-state index contributed by atoms with van der Waals surface area (Å²) in [5.74, 6) is 0.0398. The number of aryl methyl sites for hydroxylation is 1.